The van der Waals surface area contributed by atoms with E-state index >= 15 is 0 Å². The summed E-state index contributed by atoms with van der Waals surface area (Å²) in [7, 11) is -2.93. The van der Waals surface area contributed by atoms with Crippen molar-refractivity contribution < 1.29 is 13.2 Å². The molecule has 114 valence electrons. The van der Waals surface area contributed by atoms with Gasteiger partial charge in [0, 0.05) is 12.3 Å². The van der Waals surface area contributed by atoms with Crippen molar-refractivity contribution in [2.75, 3.05) is 25.2 Å². The number of ether oxygens (including phenoxy) is 1. The van der Waals surface area contributed by atoms with Crippen molar-refractivity contribution in [1.82, 2.24) is 5.32 Å². The highest BCUT2D eigenvalue weighted by Crippen LogP contribution is 2.28. The van der Waals surface area contributed by atoms with Crippen molar-refractivity contribution >= 4 is 21.4 Å². The second-order valence-electron chi connectivity index (χ2n) is 4.80. The zero-order chi connectivity index (χ0) is 15.2. The topological polar surface area (TPSA) is 55.4 Å². The summed E-state index contributed by atoms with van der Waals surface area (Å²) < 4.78 is 27.5. The summed E-state index contributed by atoms with van der Waals surface area (Å²) in [6.07, 6.45) is 1.68. The molecule has 0 amide bonds. The van der Waals surface area contributed by atoms with Crippen molar-refractivity contribution in [2.24, 2.45) is 0 Å². The monoisotopic (exact) mass is 319 g/mol. The molecule has 1 rings (SSSR count). The summed E-state index contributed by atoms with van der Waals surface area (Å²) in [5.41, 5.74) is 1.10. The van der Waals surface area contributed by atoms with Crippen molar-refractivity contribution in [3.05, 3.63) is 28.8 Å². The van der Waals surface area contributed by atoms with E-state index in [9.17, 15) is 8.42 Å². The van der Waals surface area contributed by atoms with Crippen molar-refractivity contribution in [3.63, 3.8) is 0 Å². The average molecular weight is 320 g/mol. The smallest absolute Gasteiger partial charge is 0.147 e. The molecule has 1 aromatic rings. The van der Waals surface area contributed by atoms with Crippen LogP contribution in [-0.2, 0) is 9.84 Å². The molecule has 0 aliphatic rings. The van der Waals surface area contributed by atoms with Crippen LogP contribution in [-0.4, -0.2) is 33.6 Å². The van der Waals surface area contributed by atoms with Crippen LogP contribution in [0.1, 0.15) is 31.9 Å². The fourth-order valence-electron chi connectivity index (χ4n) is 1.83. The predicted octanol–water partition coefficient (Wildman–Crippen LogP) is 2.82. The van der Waals surface area contributed by atoms with Crippen LogP contribution in [0.3, 0.4) is 0 Å². The molecule has 1 atom stereocenters. The van der Waals surface area contributed by atoms with Crippen LogP contribution in [0.25, 0.3) is 0 Å². The molecule has 0 spiro atoms. The summed E-state index contributed by atoms with van der Waals surface area (Å²) in [5, 5.41) is 3.86. The lowest BCUT2D eigenvalue weighted by Crippen LogP contribution is -2.17. The lowest BCUT2D eigenvalue weighted by atomic mass is 10.1. The Balaban J connectivity index is 2.56. The molecule has 1 aromatic carbocycles. The Labute approximate surface area is 126 Å². The zero-order valence-corrected chi connectivity index (χ0v) is 13.7. The van der Waals surface area contributed by atoms with Crippen LogP contribution in [0, 0.1) is 0 Å². The molecule has 1 unspecified atom stereocenters. The summed E-state index contributed by atoms with van der Waals surface area (Å²) in [5.74, 6) is 0.716. The summed E-state index contributed by atoms with van der Waals surface area (Å²) >= 11 is 6.17. The number of hydrogen-bond donors (Lipinski definition) is 1. The first kappa shape index (κ1) is 17.3. The first-order valence-corrected chi connectivity index (χ1v) is 9.10. The molecule has 0 heterocycles. The molecule has 6 heteroatoms. The molecule has 20 heavy (non-hydrogen) atoms. The second-order valence-corrected chi connectivity index (χ2v) is 7.47. The van der Waals surface area contributed by atoms with Crippen LogP contribution < -0.4 is 10.1 Å². The molecule has 0 aromatic heterocycles. The van der Waals surface area contributed by atoms with Gasteiger partial charge in [0.2, 0.25) is 0 Å². The highest BCUT2D eigenvalue weighted by Gasteiger charge is 2.08. The Morgan fingerprint density at radius 2 is 2.10 bits per heavy atom. The molecule has 0 saturated heterocycles. The molecule has 4 nitrogen and oxygen atoms in total. The van der Waals surface area contributed by atoms with Crippen molar-refractivity contribution in [2.45, 2.75) is 26.3 Å². The molecule has 0 fully saturated rings. The van der Waals surface area contributed by atoms with Crippen LogP contribution in [0.2, 0.25) is 5.02 Å². The Hall–Kier alpha value is -0.780. The molecule has 0 saturated carbocycles. The molecule has 0 aliphatic carbocycles. The van der Waals surface area contributed by atoms with E-state index in [4.69, 9.17) is 16.3 Å². The van der Waals surface area contributed by atoms with E-state index < -0.39 is 9.84 Å². The number of benzene rings is 1. The van der Waals surface area contributed by atoms with Gasteiger partial charge in [-0.25, -0.2) is 8.42 Å². The average Bonchev–Trinajstić information content (AvgIpc) is 2.35. The first-order chi connectivity index (χ1) is 9.33. The number of nitrogens with one attached hydrogen (secondary N) is 1. The highest BCUT2D eigenvalue weighted by molar-refractivity contribution is 7.90. The molecular weight excluding hydrogens is 298 g/mol. The predicted molar refractivity (Wildman–Crippen MR) is 83.4 cm³/mol. The molecular formula is C14H22ClNO3S. The maximum atomic E-state index is 11.0. The standard InChI is InChI=1S/C14H22ClNO3S/c1-4-16-11(2)12-6-7-14(13(15)10-12)19-8-5-9-20(3,17)18/h6-7,10-11,16H,4-5,8-9H2,1-3H3. The van der Waals surface area contributed by atoms with Crippen LogP contribution in [0.15, 0.2) is 18.2 Å². The normalized spacial score (nSPS) is 13.2. The van der Waals surface area contributed by atoms with E-state index in [1.165, 1.54) is 6.26 Å². The van der Waals surface area contributed by atoms with Gasteiger partial charge in [0.05, 0.1) is 17.4 Å². The Morgan fingerprint density at radius 3 is 2.65 bits per heavy atom. The van der Waals surface area contributed by atoms with Crippen LogP contribution in [0.4, 0.5) is 0 Å². The van der Waals surface area contributed by atoms with Gasteiger partial charge in [-0.05, 0) is 37.6 Å². The minimum absolute atomic E-state index is 0.125. The Kier molecular flexibility index (Phi) is 6.79. The van der Waals surface area contributed by atoms with Crippen molar-refractivity contribution in [1.29, 1.82) is 0 Å². The lowest BCUT2D eigenvalue weighted by molar-refractivity contribution is 0.318. The molecule has 1 N–H and O–H groups in total. The van der Waals surface area contributed by atoms with Crippen LogP contribution >= 0.6 is 11.6 Å². The molecule has 0 radical (unpaired) electrons. The Morgan fingerprint density at radius 1 is 1.40 bits per heavy atom. The minimum Gasteiger partial charge on any atom is -0.492 e. The first-order valence-electron chi connectivity index (χ1n) is 6.67. The summed E-state index contributed by atoms with van der Waals surface area (Å²) in [6, 6.07) is 5.90. The maximum Gasteiger partial charge on any atom is 0.147 e. The highest BCUT2D eigenvalue weighted by atomic mass is 35.5. The van der Waals surface area contributed by atoms with Gasteiger partial charge < -0.3 is 10.1 Å². The van der Waals surface area contributed by atoms with Crippen LogP contribution in [0.5, 0.6) is 5.75 Å². The summed E-state index contributed by atoms with van der Waals surface area (Å²) in [4.78, 5) is 0. The molecule has 0 bridgehead atoms. The Bertz CT molecular complexity index is 531. The second kappa shape index (κ2) is 7.86. The lowest BCUT2D eigenvalue weighted by Gasteiger charge is -2.14. The van der Waals surface area contributed by atoms with Gasteiger partial charge in [-0.15, -0.1) is 0 Å². The van der Waals surface area contributed by atoms with E-state index in [-0.39, 0.29) is 11.8 Å². The van der Waals surface area contributed by atoms with E-state index in [1.807, 2.05) is 18.2 Å². The largest absolute Gasteiger partial charge is 0.492 e. The van der Waals surface area contributed by atoms with E-state index in [0.29, 0.717) is 23.8 Å². The minimum atomic E-state index is -2.93. The number of rotatable bonds is 8. The van der Waals surface area contributed by atoms with Gasteiger partial charge in [-0.1, -0.05) is 24.6 Å². The van der Waals surface area contributed by atoms with E-state index in [2.05, 4.69) is 19.2 Å². The fraction of sp³-hybridized carbons (Fsp3) is 0.571. The van der Waals surface area contributed by atoms with Crippen molar-refractivity contribution in [3.8, 4) is 5.75 Å². The third kappa shape index (κ3) is 6.11. The zero-order valence-electron chi connectivity index (χ0n) is 12.1. The van der Waals surface area contributed by atoms with Gasteiger partial charge in [-0.2, -0.15) is 0 Å². The fourth-order valence-corrected chi connectivity index (χ4v) is 2.72. The quantitative estimate of drug-likeness (QED) is 0.749. The number of sulfone groups is 1. The third-order valence-corrected chi connectivity index (χ3v) is 4.21. The van der Waals surface area contributed by atoms with Gasteiger partial charge in [0.25, 0.3) is 0 Å². The number of hydrogen-bond acceptors (Lipinski definition) is 4. The van der Waals surface area contributed by atoms with Gasteiger partial charge in [-0.3, -0.25) is 0 Å². The van der Waals surface area contributed by atoms with Gasteiger partial charge >= 0.3 is 0 Å². The van der Waals surface area contributed by atoms with E-state index in [1.54, 1.807) is 0 Å². The summed E-state index contributed by atoms with van der Waals surface area (Å²) in [6.45, 7) is 5.36. The molecule has 0 aliphatic heterocycles. The van der Waals surface area contributed by atoms with Gasteiger partial charge in [0.15, 0.2) is 0 Å². The third-order valence-electron chi connectivity index (χ3n) is 2.88. The SMILES string of the molecule is CCNC(C)c1ccc(OCCCS(C)(=O)=O)c(Cl)c1. The van der Waals surface area contributed by atoms with E-state index in [0.717, 1.165) is 12.1 Å². The maximum absolute atomic E-state index is 11.0. The number of halogens is 1. The van der Waals surface area contributed by atoms with Gasteiger partial charge in [0.1, 0.15) is 15.6 Å².